The van der Waals surface area contributed by atoms with Crippen LogP contribution in [-0.2, 0) is 9.84 Å². The third kappa shape index (κ3) is 5.06. The molecule has 0 heterocycles. The molecule has 0 saturated heterocycles. The van der Waals surface area contributed by atoms with E-state index in [1.807, 2.05) is 6.92 Å². The first-order valence-electron chi connectivity index (χ1n) is 9.92. The van der Waals surface area contributed by atoms with Crippen LogP contribution in [0.25, 0.3) is 0 Å². The maximum atomic E-state index is 13.4. The fourth-order valence-electron chi connectivity index (χ4n) is 3.26. The molecule has 0 aliphatic rings. The lowest BCUT2D eigenvalue weighted by atomic mass is 10.0. The normalized spacial score (nSPS) is 12.1. The summed E-state index contributed by atoms with van der Waals surface area (Å²) in [5.74, 6) is -0.113. The van der Waals surface area contributed by atoms with Crippen LogP contribution in [0.5, 0.6) is 11.5 Å². The van der Waals surface area contributed by atoms with E-state index < -0.39 is 33.1 Å². The molecule has 0 aliphatic heterocycles. The number of methoxy groups -OCH3 is 2. The average molecular weight is 453 g/mol. The van der Waals surface area contributed by atoms with Crippen molar-refractivity contribution in [3.8, 4) is 11.5 Å². The quantitative estimate of drug-likeness (QED) is 0.450. The number of ether oxygens (including phenoxy) is 2. The van der Waals surface area contributed by atoms with E-state index >= 15 is 0 Å². The first-order valence-corrected chi connectivity index (χ1v) is 11.5. The molecule has 0 spiro atoms. The maximum Gasteiger partial charge on any atom is 0.189 e. The molecule has 32 heavy (non-hydrogen) atoms. The second-order valence-electron chi connectivity index (χ2n) is 7.30. The van der Waals surface area contributed by atoms with Crippen molar-refractivity contribution in [1.29, 1.82) is 0 Å². The number of benzene rings is 3. The molecule has 0 aliphatic carbocycles. The Balaban J connectivity index is 2.02. The lowest BCUT2D eigenvalue weighted by Crippen LogP contribution is -2.33. The molecule has 0 fully saturated rings. The summed E-state index contributed by atoms with van der Waals surface area (Å²) in [6.07, 6.45) is -0.492. The number of hydrogen-bond acceptors (Lipinski definition) is 6. The summed E-state index contributed by atoms with van der Waals surface area (Å²) in [7, 11) is -1.16. The Morgan fingerprint density at radius 1 is 0.812 bits per heavy atom. The van der Waals surface area contributed by atoms with Crippen molar-refractivity contribution >= 4 is 21.4 Å². The van der Waals surface area contributed by atoms with Gasteiger partial charge in [-0.25, -0.2) is 8.42 Å². The molecule has 0 bridgehead atoms. The van der Waals surface area contributed by atoms with Gasteiger partial charge >= 0.3 is 0 Å². The van der Waals surface area contributed by atoms with Crippen molar-refractivity contribution in [2.45, 2.75) is 23.5 Å². The van der Waals surface area contributed by atoms with Crippen molar-refractivity contribution in [3.05, 3.63) is 89.5 Å². The van der Waals surface area contributed by atoms with E-state index in [0.717, 1.165) is 5.56 Å². The third-order valence-electron chi connectivity index (χ3n) is 5.15. The molecule has 0 aromatic heterocycles. The Kier molecular flexibility index (Phi) is 7.10. The predicted octanol–water partition coefficient (Wildman–Crippen LogP) is 4.31. The highest BCUT2D eigenvalue weighted by Gasteiger charge is 2.36. The van der Waals surface area contributed by atoms with E-state index in [1.54, 1.807) is 42.5 Å². The summed E-state index contributed by atoms with van der Waals surface area (Å²) in [6.45, 7) is 1.84. The van der Waals surface area contributed by atoms with E-state index in [9.17, 15) is 18.0 Å². The van der Waals surface area contributed by atoms with Crippen LogP contribution in [0.4, 0.5) is 0 Å². The smallest absolute Gasteiger partial charge is 0.189 e. The summed E-state index contributed by atoms with van der Waals surface area (Å²) in [4.78, 5) is 26.3. The number of carbonyl (C=O) groups excluding carboxylic acids is 2. The molecule has 0 amide bonds. The zero-order valence-electron chi connectivity index (χ0n) is 18.1. The molecule has 1 atom stereocenters. The van der Waals surface area contributed by atoms with Crippen LogP contribution in [0, 0.1) is 6.92 Å². The Morgan fingerprint density at radius 3 is 2.03 bits per heavy atom. The Labute approximate surface area is 187 Å². The predicted molar refractivity (Wildman–Crippen MR) is 121 cm³/mol. The summed E-state index contributed by atoms with van der Waals surface area (Å²) >= 11 is 0. The zero-order chi connectivity index (χ0) is 23.3. The zero-order valence-corrected chi connectivity index (χ0v) is 18.9. The van der Waals surface area contributed by atoms with Gasteiger partial charge in [0.2, 0.25) is 0 Å². The third-order valence-corrected chi connectivity index (χ3v) is 7.21. The molecule has 7 heteroatoms. The summed E-state index contributed by atoms with van der Waals surface area (Å²) in [5.41, 5.74) is 1.34. The molecule has 6 nitrogen and oxygen atoms in total. The lowest BCUT2D eigenvalue weighted by molar-refractivity contribution is 0.0920. The van der Waals surface area contributed by atoms with E-state index in [-0.39, 0.29) is 16.0 Å². The first-order chi connectivity index (χ1) is 15.3. The fraction of sp³-hybridized carbons (Fsp3) is 0.200. The lowest BCUT2D eigenvalue weighted by Gasteiger charge is -2.17. The van der Waals surface area contributed by atoms with E-state index in [2.05, 4.69) is 0 Å². The van der Waals surface area contributed by atoms with Crippen molar-refractivity contribution < 1.29 is 27.5 Å². The van der Waals surface area contributed by atoms with E-state index in [4.69, 9.17) is 9.47 Å². The molecular formula is C25H24O6S. The minimum absolute atomic E-state index is 0.00611. The van der Waals surface area contributed by atoms with Gasteiger partial charge in [-0.15, -0.1) is 0 Å². The maximum absolute atomic E-state index is 13.4. The van der Waals surface area contributed by atoms with Crippen LogP contribution in [0.1, 0.15) is 32.7 Å². The van der Waals surface area contributed by atoms with Crippen LogP contribution in [0.3, 0.4) is 0 Å². The van der Waals surface area contributed by atoms with Gasteiger partial charge in [-0.05, 0) is 55.5 Å². The Hall–Kier alpha value is -3.45. The molecule has 166 valence electrons. The van der Waals surface area contributed by atoms with Crippen molar-refractivity contribution in [3.63, 3.8) is 0 Å². The van der Waals surface area contributed by atoms with Crippen molar-refractivity contribution in [2.75, 3.05) is 14.2 Å². The van der Waals surface area contributed by atoms with Gasteiger partial charge in [0, 0.05) is 17.5 Å². The topological polar surface area (TPSA) is 86.7 Å². The van der Waals surface area contributed by atoms with Gasteiger partial charge in [-0.1, -0.05) is 29.8 Å². The van der Waals surface area contributed by atoms with Crippen LogP contribution in [0.2, 0.25) is 0 Å². The second-order valence-corrected chi connectivity index (χ2v) is 9.43. The van der Waals surface area contributed by atoms with Gasteiger partial charge in [0.05, 0.1) is 19.1 Å². The molecule has 0 radical (unpaired) electrons. The SMILES string of the molecule is COc1ccc(C(=O)[C@H](CC(=O)c2cccc(OC)c2)S(=O)(=O)c2ccc(C)cc2)cc1. The largest absolute Gasteiger partial charge is 0.497 e. The van der Waals surface area contributed by atoms with Gasteiger partial charge in [-0.2, -0.15) is 0 Å². The van der Waals surface area contributed by atoms with Crippen molar-refractivity contribution in [1.82, 2.24) is 0 Å². The Morgan fingerprint density at radius 2 is 1.44 bits per heavy atom. The second kappa shape index (κ2) is 9.78. The van der Waals surface area contributed by atoms with Crippen LogP contribution in [0.15, 0.2) is 77.7 Å². The molecule has 0 N–H and O–H groups in total. The average Bonchev–Trinajstić information content (AvgIpc) is 2.82. The van der Waals surface area contributed by atoms with E-state index in [1.165, 1.54) is 44.6 Å². The molecule has 3 rings (SSSR count). The van der Waals surface area contributed by atoms with Crippen LogP contribution < -0.4 is 9.47 Å². The van der Waals surface area contributed by atoms with Crippen LogP contribution in [-0.4, -0.2) is 39.5 Å². The minimum atomic E-state index is -4.13. The van der Waals surface area contributed by atoms with Crippen LogP contribution >= 0.6 is 0 Å². The highest BCUT2D eigenvalue weighted by atomic mass is 32.2. The summed E-state index contributed by atoms with van der Waals surface area (Å²) in [6, 6.07) is 18.8. The number of ketones is 2. The first kappa shape index (κ1) is 23.2. The highest BCUT2D eigenvalue weighted by Crippen LogP contribution is 2.25. The van der Waals surface area contributed by atoms with Gasteiger partial charge < -0.3 is 9.47 Å². The Bertz CT molecular complexity index is 1210. The number of sulfone groups is 1. The monoisotopic (exact) mass is 452 g/mol. The summed E-state index contributed by atoms with van der Waals surface area (Å²) < 4.78 is 37.2. The summed E-state index contributed by atoms with van der Waals surface area (Å²) in [5, 5.41) is -1.57. The van der Waals surface area contributed by atoms with Gasteiger partial charge in [0.15, 0.2) is 21.4 Å². The molecule has 3 aromatic carbocycles. The number of hydrogen-bond donors (Lipinski definition) is 0. The molecule has 0 saturated carbocycles. The molecule has 0 unspecified atom stereocenters. The number of aryl methyl sites for hydroxylation is 1. The van der Waals surface area contributed by atoms with Gasteiger partial charge in [0.25, 0.3) is 0 Å². The number of Topliss-reactive ketones (excluding diaryl/α,β-unsaturated/α-hetero) is 2. The van der Waals surface area contributed by atoms with Gasteiger partial charge in [-0.3, -0.25) is 9.59 Å². The standard InChI is InChI=1S/C25H24O6S/c1-17-7-13-22(14-8-17)32(28,29)24(25(27)18-9-11-20(30-2)12-10-18)16-23(26)19-5-4-6-21(15-19)31-3/h4-15,24H,16H2,1-3H3/t24-/m0/s1. The number of rotatable bonds is 9. The highest BCUT2D eigenvalue weighted by molar-refractivity contribution is 7.92. The number of carbonyl (C=O) groups is 2. The van der Waals surface area contributed by atoms with E-state index in [0.29, 0.717) is 11.5 Å². The molecular weight excluding hydrogens is 428 g/mol. The van der Waals surface area contributed by atoms with Crippen molar-refractivity contribution in [2.24, 2.45) is 0 Å². The molecule has 3 aromatic rings. The minimum Gasteiger partial charge on any atom is -0.497 e. The van der Waals surface area contributed by atoms with Gasteiger partial charge in [0.1, 0.15) is 16.7 Å². The fourth-order valence-corrected chi connectivity index (χ4v) is 4.89.